The molecule has 100 valence electrons. The van der Waals surface area contributed by atoms with Gasteiger partial charge >= 0.3 is 0 Å². The van der Waals surface area contributed by atoms with E-state index < -0.39 is 0 Å². The van der Waals surface area contributed by atoms with Crippen molar-refractivity contribution in [3.63, 3.8) is 0 Å². The Morgan fingerprint density at radius 3 is 2.89 bits per heavy atom. The summed E-state index contributed by atoms with van der Waals surface area (Å²) < 4.78 is 1.87. The topological polar surface area (TPSA) is 71.8 Å². The molecule has 1 aromatic heterocycles. The van der Waals surface area contributed by atoms with Crippen molar-refractivity contribution in [3.8, 4) is 0 Å². The summed E-state index contributed by atoms with van der Waals surface area (Å²) in [4.78, 5) is 11.0. The molecule has 1 aromatic rings. The van der Waals surface area contributed by atoms with Crippen LogP contribution < -0.4 is 10.6 Å². The number of hydrogen-bond acceptors (Lipinski definition) is 4. The Balaban J connectivity index is 1.83. The monoisotopic (exact) mass is 251 g/mol. The molecular formula is C12H21N5O. The van der Waals surface area contributed by atoms with Crippen LogP contribution in [-0.2, 0) is 16.9 Å². The molecule has 1 saturated heterocycles. The van der Waals surface area contributed by atoms with E-state index in [1.807, 2.05) is 10.9 Å². The normalized spacial score (nSPS) is 20.8. The van der Waals surface area contributed by atoms with E-state index in [9.17, 15) is 4.79 Å². The SMILES string of the molecule is CC(C)(C)n1cc(CNC2CCC(=O)NC2)nn1. The van der Waals surface area contributed by atoms with E-state index in [0.717, 1.165) is 12.1 Å². The van der Waals surface area contributed by atoms with Gasteiger partial charge in [-0.15, -0.1) is 5.10 Å². The zero-order valence-corrected chi connectivity index (χ0v) is 11.2. The number of hydrogen-bond donors (Lipinski definition) is 2. The third kappa shape index (κ3) is 3.29. The minimum atomic E-state index is -0.0376. The predicted molar refractivity (Wildman–Crippen MR) is 67.9 cm³/mol. The first-order valence-corrected chi connectivity index (χ1v) is 6.37. The molecule has 0 aliphatic carbocycles. The van der Waals surface area contributed by atoms with Gasteiger partial charge in [-0.1, -0.05) is 5.21 Å². The van der Waals surface area contributed by atoms with Crippen LogP contribution in [0.2, 0.25) is 0 Å². The number of nitrogens with zero attached hydrogens (tertiary/aromatic N) is 3. The second-order valence-corrected chi connectivity index (χ2v) is 5.75. The lowest BCUT2D eigenvalue weighted by molar-refractivity contribution is -0.122. The van der Waals surface area contributed by atoms with Gasteiger partial charge in [-0.3, -0.25) is 4.79 Å². The van der Waals surface area contributed by atoms with Crippen molar-refractivity contribution in [2.75, 3.05) is 6.54 Å². The molecule has 1 fully saturated rings. The van der Waals surface area contributed by atoms with Gasteiger partial charge in [0.2, 0.25) is 5.91 Å². The number of rotatable bonds is 3. The molecule has 6 nitrogen and oxygen atoms in total. The van der Waals surface area contributed by atoms with Crippen LogP contribution in [0.5, 0.6) is 0 Å². The molecule has 0 bridgehead atoms. The maximum absolute atomic E-state index is 11.0. The van der Waals surface area contributed by atoms with Crippen molar-refractivity contribution in [2.45, 2.75) is 51.7 Å². The van der Waals surface area contributed by atoms with E-state index >= 15 is 0 Å². The largest absolute Gasteiger partial charge is 0.355 e. The molecule has 1 unspecified atom stereocenters. The fourth-order valence-electron chi connectivity index (χ4n) is 1.86. The smallest absolute Gasteiger partial charge is 0.220 e. The van der Waals surface area contributed by atoms with E-state index in [2.05, 4.69) is 41.7 Å². The molecule has 0 radical (unpaired) electrons. The fourth-order valence-corrected chi connectivity index (χ4v) is 1.86. The van der Waals surface area contributed by atoms with Gasteiger partial charge in [0.25, 0.3) is 0 Å². The number of aromatic nitrogens is 3. The van der Waals surface area contributed by atoms with Gasteiger partial charge in [-0.2, -0.15) is 0 Å². The predicted octanol–water partition coefficient (Wildman–Crippen LogP) is 0.401. The van der Waals surface area contributed by atoms with Crippen molar-refractivity contribution in [2.24, 2.45) is 0 Å². The van der Waals surface area contributed by atoms with Crippen LogP contribution in [0.25, 0.3) is 0 Å². The standard InChI is InChI=1S/C12H21N5O/c1-12(2,3)17-8-10(15-16-17)7-13-9-4-5-11(18)14-6-9/h8-9,13H,4-7H2,1-3H3,(H,14,18). The van der Waals surface area contributed by atoms with Crippen LogP contribution >= 0.6 is 0 Å². The van der Waals surface area contributed by atoms with Crippen LogP contribution in [0.4, 0.5) is 0 Å². The van der Waals surface area contributed by atoms with Crippen LogP contribution in [0.3, 0.4) is 0 Å². The molecule has 1 amide bonds. The Bertz CT molecular complexity index is 410. The molecular weight excluding hydrogens is 230 g/mol. The number of amides is 1. The molecule has 1 atom stereocenters. The third-order valence-corrected chi connectivity index (χ3v) is 3.07. The molecule has 6 heteroatoms. The van der Waals surface area contributed by atoms with Gasteiger partial charge in [0.15, 0.2) is 0 Å². The Labute approximate surface area is 107 Å². The summed E-state index contributed by atoms with van der Waals surface area (Å²) in [6.45, 7) is 7.67. The number of carbonyl (C=O) groups is 1. The summed E-state index contributed by atoms with van der Waals surface area (Å²) in [5, 5.41) is 14.5. The van der Waals surface area contributed by atoms with Crippen molar-refractivity contribution in [1.29, 1.82) is 0 Å². The van der Waals surface area contributed by atoms with E-state index in [0.29, 0.717) is 25.6 Å². The van der Waals surface area contributed by atoms with Gasteiger partial charge in [-0.05, 0) is 27.2 Å². The van der Waals surface area contributed by atoms with Crippen molar-refractivity contribution < 1.29 is 4.79 Å². The molecule has 18 heavy (non-hydrogen) atoms. The first kappa shape index (κ1) is 13.0. The van der Waals surface area contributed by atoms with Crippen molar-refractivity contribution in [3.05, 3.63) is 11.9 Å². The molecule has 2 N–H and O–H groups in total. The highest BCUT2D eigenvalue weighted by Gasteiger charge is 2.18. The summed E-state index contributed by atoms with van der Waals surface area (Å²) in [7, 11) is 0. The first-order chi connectivity index (χ1) is 8.45. The van der Waals surface area contributed by atoms with Gasteiger partial charge in [0, 0.05) is 25.6 Å². The van der Waals surface area contributed by atoms with E-state index in [1.165, 1.54) is 0 Å². The fraction of sp³-hybridized carbons (Fsp3) is 0.750. The second-order valence-electron chi connectivity index (χ2n) is 5.75. The maximum Gasteiger partial charge on any atom is 0.220 e. The molecule has 2 heterocycles. The minimum Gasteiger partial charge on any atom is -0.355 e. The molecule has 1 aliphatic heterocycles. The number of piperidine rings is 1. The number of nitrogens with one attached hydrogen (secondary N) is 2. The summed E-state index contributed by atoms with van der Waals surface area (Å²) in [5.41, 5.74) is 0.895. The molecule has 0 spiro atoms. The Morgan fingerprint density at radius 2 is 2.33 bits per heavy atom. The molecule has 2 rings (SSSR count). The highest BCUT2D eigenvalue weighted by molar-refractivity contribution is 5.76. The highest BCUT2D eigenvalue weighted by atomic mass is 16.1. The van der Waals surface area contributed by atoms with Gasteiger partial charge in [-0.25, -0.2) is 4.68 Å². The Kier molecular flexibility index (Phi) is 3.65. The maximum atomic E-state index is 11.0. The van der Waals surface area contributed by atoms with Crippen molar-refractivity contribution >= 4 is 5.91 Å². The molecule has 0 saturated carbocycles. The highest BCUT2D eigenvalue weighted by Crippen LogP contribution is 2.12. The van der Waals surface area contributed by atoms with Gasteiger partial charge < -0.3 is 10.6 Å². The quantitative estimate of drug-likeness (QED) is 0.816. The first-order valence-electron chi connectivity index (χ1n) is 6.37. The summed E-state index contributed by atoms with van der Waals surface area (Å²) >= 11 is 0. The summed E-state index contributed by atoms with van der Waals surface area (Å²) in [6.07, 6.45) is 3.46. The second kappa shape index (κ2) is 5.06. The van der Waals surface area contributed by atoms with Crippen LogP contribution in [0, 0.1) is 0 Å². The van der Waals surface area contributed by atoms with Crippen LogP contribution in [-0.4, -0.2) is 33.5 Å². The third-order valence-electron chi connectivity index (χ3n) is 3.07. The lowest BCUT2D eigenvalue weighted by Gasteiger charge is -2.23. The average Bonchev–Trinajstić information content (AvgIpc) is 2.77. The van der Waals surface area contributed by atoms with Gasteiger partial charge in [0.05, 0.1) is 17.4 Å². The Hall–Kier alpha value is -1.43. The van der Waals surface area contributed by atoms with E-state index in [-0.39, 0.29) is 11.4 Å². The van der Waals surface area contributed by atoms with Crippen LogP contribution in [0.15, 0.2) is 6.20 Å². The zero-order valence-electron chi connectivity index (χ0n) is 11.2. The van der Waals surface area contributed by atoms with Crippen molar-refractivity contribution in [1.82, 2.24) is 25.6 Å². The summed E-state index contributed by atoms with van der Waals surface area (Å²) in [6, 6.07) is 0.336. The van der Waals surface area contributed by atoms with E-state index in [1.54, 1.807) is 0 Å². The molecule has 0 aromatic carbocycles. The number of carbonyl (C=O) groups excluding carboxylic acids is 1. The minimum absolute atomic E-state index is 0.0376. The zero-order chi connectivity index (χ0) is 13.2. The Morgan fingerprint density at radius 1 is 1.56 bits per heavy atom. The lowest BCUT2D eigenvalue weighted by Crippen LogP contribution is -2.45. The molecule has 1 aliphatic rings. The summed E-state index contributed by atoms with van der Waals surface area (Å²) in [5.74, 6) is 0.145. The average molecular weight is 251 g/mol. The van der Waals surface area contributed by atoms with Gasteiger partial charge in [0.1, 0.15) is 0 Å². The lowest BCUT2D eigenvalue weighted by atomic mass is 10.1. The van der Waals surface area contributed by atoms with E-state index in [4.69, 9.17) is 0 Å². The van der Waals surface area contributed by atoms with Crippen LogP contribution in [0.1, 0.15) is 39.3 Å².